The maximum absolute atomic E-state index is 10.9. The molecule has 2 N–H and O–H groups in total. The topological polar surface area (TPSA) is 67.0 Å². The third kappa shape index (κ3) is 4.01. The SMILES string of the molecule is CCOC(=O)NCCCc1c[nH]nc1C. The van der Waals surface area contributed by atoms with Gasteiger partial charge in [0, 0.05) is 12.7 Å². The first-order chi connectivity index (χ1) is 7.24. The number of rotatable bonds is 5. The predicted octanol–water partition coefficient (Wildman–Crippen LogP) is 1.40. The zero-order chi connectivity index (χ0) is 11.1. The summed E-state index contributed by atoms with van der Waals surface area (Å²) < 4.78 is 4.73. The molecule has 1 heterocycles. The van der Waals surface area contributed by atoms with Crippen LogP contribution in [0.5, 0.6) is 0 Å². The van der Waals surface area contributed by atoms with Crippen molar-refractivity contribution < 1.29 is 9.53 Å². The minimum Gasteiger partial charge on any atom is -0.450 e. The molecule has 1 rings (SSSR count). The second kappa shape index (κ2) is 6.06. The van der Waals surface area contributed by atoms with E-state index in [-0.39, 0.29) is 6.09 Å². The lowest BCUT2D eigenvalue weighted by Gasteiger charge is -2.04. The average Bonchev–Trinajstić information content (AvgIpc) is 2.60. The summed E-state index contributed by atoms with van der Waals surface area (Å²) in [5, 5.41) is 9.50. The summed E-state index contributed by atoms with van der Waals surface area (Å²) in [7, 11) is 0. The summed E-state index contributed by atoms with van der Waals surface area (Å²) in [4.78, 5) is 10.9. The molecule has 0 aliphatic carbocycles. The Morgan fingerprint density at radius 3 is 3.07 bits per heavy atom. The Hall–Kier alpha value is -1.52. The first-order valence-electron chi connectivity index (χ1n) is 5.14. The maximum Gasteiger partial charge on any atom is 0.407 e. The zero-order valence-electron chi connectivity index (χ0n) is 9.17. The standard InChI is InChI=1S/C10H17N3O2/c1-3-15-10(14)11-6-4-5-9-7-12-13-8(9)2/h7H,3-6H2,1-2H3,(H,11,14)(H,12,13). The van der Waals surface area contributed by atoms with Crippen LogP contribution in [-0.2, 0) is 11.2 Å². The van der Waals surface area contributed by atoms with Crippen LogP contribution in [0.3, 0.4) is 0 Å². The predicted molar refractivity (Wildman–Crippen MR) is 56.7 cm³/mol. The highest BCUT2D eigenvalue weighted by atomic mass is 16.5. The summed E-state index contributed by atoms with van der Waals surface area (Å²) in [6.07, 6.45) is 3.34. The van der Waals surface area contributed by atoms with Gasteiger partial charge >= 0.3 is 6.09 Å². The Bertz CT molecular complexity index is 309. The van der Waals surface area contributed by atoms with Crippen molar-refractivity contribution in [3.8, 4) is 0 Å². The van der Waals surface area contributed by atoms with E-state index in [1.807, 2.05) is 13.1 Å². The van der Waals surface area contributed by atoms with E-state index in [1.165, 1.54) is 5.56 Å². The van der Waals surface area contributed by atoms with Gasteiger partial charge in [-0.3, -0.25) is 5.10 Å². The number of hydrogen-bond acceptors (Lipinski definition) is 3. The maximum atomic E-state index is 10.9. The molecule has 84 valence electrons. The number of nitrogens with one attached hydrogen (secondary N) is 2. The van der Waals surface area contributed by atoms with Gasteiger partial charge in [0.15, 0.2) is 0 Å². The number of aromatic amines is 1. The van der Waals surface area contributed by atoms with Crippen molar-refractivity contribution in [2.24, 2.45) is 0 Å². The van der Waals surface area contributed by atoms with Gasteiger partial charge in [0.25, 0.3) is 0 Å². The molecular weight excluding hydrogens is 194 g/mol. The van der Waals surface area contributed by atoms with Crippen molar-refractivity contribution in [1.29, 1.82) is 0 Å². The molecule has 0 radical (unpaired) electrons. The lowest BCUT2D eigenvalue weighted by Crippen LogP contribution is -2.25. The van der Waals surface area contributed by atoms with Crippen LogP contribution in [0.25, 0.3) is 0 Å². The monoisotopic (exact) mass is 211 g/mol. The van der Waals surface area contributed by atoms with Crippen LogP contribution in [0.1, 0.15) is 24.6 Å². The fraction of sp³-hybridized carbons (Fsp3) is 0.600. The van der Waals surface area contributed by atoms with E-state index in [9.17, 15) is 4.79 Å². The van der Waals surface area contributed by atoms with E-state index < -0.39 is 0 Å². The van der Waals surface area contributed by atoms with Crippen molar-refractivity contribution in [3.63, 3.8) is 0 Å². The van der Waals surface area contributed by atoms with E-state index in [0.717, 1.165) is 18.5 Å². The summed E-state index contributed by atoms with van der Waals surface area (Å²) in [6.45, 7) is 4.79. The number of amides is 1. The number of nitrogens with zero attached hydrogens (tertiary/aromatic N) is 1. The van der Waals surface area contributed by atoms with Gasteiger partial charge in [0.1, 0.15) is 0 Å². The first kappa shape index (κ1) is 11.6. The van der Waals surface area contributed by atoms with Crippen molar-refractivity contribution in [3.05, 3.63) is 17.5 Å². The number of aromatic nitrogens is 2. The van der Waals surface area contributed by atoms with Crippen LogP contribution in [0, 0.1) is 6.92 Å². The minimum atomic E-state index is -0.346. The fourth-order valence-electron chi connectivity index (χ4n) is 1.29. The number of alkyl carbamates (subject to hydrolysis) is 1. The van der Waals surface area contributed by atoms with Gasteiger partial charge in [-0.25, -0.2) is 4.79 Å². The van der Waals surface area contributed by atoms with E-state index in [4.69, 9.17) is 4.74 Å². The van der Waals surface area contributed by atoms with Crippen LogP contribution < -0.4 is 5.32 Å². The molecule has 1 aromatic heterocycles. The zero-order valence-corrected chi connectivity index (χ0v) is 9.17. The van der Waals surface area contributed by atoms with Crippen LogP contribution in [0.4, 0.5) is 4.79 Å². The number of ether oxygens (including phenoxy) is 1. The van der Waals surface area contributed by atoms with Gasteiger partial charge in [0.2, 0.25) is 0 Å². The average molecular weight is 211 g/mol. The van der Waals surface area contributed by atoms with E-state index >= 15 is 0 Å². The molecule has 1 amide bonds. The normalized spacial score (nSPS) is 10.0. The van der Waals surface area contributed by atoms with Gasteiger partial charge in [-0.1, -0.05) is 0 Å². The molecule has 1 aromatic rings. The first-order valence-corrected chi connectivity index (χ1v) is 5.14. The largest absolute Gasteiger partial charge is 0.450 e. The molecule has 0 atom stereocenters. The summed E-state index contributed by atoms with van der Waals surface area (Å²) in [5.74, 6) is 0. The van der Waals surface area contributed by atoms with Gasteiger partial charge in [0.05, 0.1) is 12.3 Å². The number of carbonyl (C=O) groups is 1. The lowest BCUT2D eigenvalue weighted by molar-refractivity contribution is 0.152. The fourth-order valence-corrected chi connectivity index (χ4v) is 1.29. The molecule has 0 unspecified atom stereocenters. The van der Waals surface area contributed by atoms with Crippen LogP contribution in [0.15, 0.2) is 6.20 Å². The highest BCUT2D eigenvalue weighted by Crippen LogP contribution is 2.04. The number of aryl methyl sites for hydroxylation is 2. The summed E-state index contributed by atoms with van der Waals surface area (Å²) >= 11 is 0. The van der Waals surface area contributed by atoms with E-state index in [2.05, 4.69) is 15.5 Å². The van der Waals surface area contributed by atoms with Gasteiger partial charge in [-0.15, -0.1) is 0 Å². The Morgan fingerprint density at radius 2 is 2.47 bits per heavy atom. The third-order valence-electron chi connectivity index (χ3n) is 2.10. The number of H-pyrrole nitrogens is 1. The quantitative estimate of drug-likeness (QED) is 0.723. The molecule has 0 bridgehead atoms. The van der Waals surface area contributed by atoms with Gasteiger partial charge < -0.3 is 10.1 Å². The molecule has 0 aliphatic heterocycles. The van der Waals surface area contributed by atoms with Crippen molar-refractivity contribution in [1.82, 2.24) is 15.5 Å². The molecule has 15 heavy (non-hydrogen) atoms. The molecule has 0 fully saturated rings. The van der Waals surface area contributed by atoms with E-state index in [0.29, 0.717) is 13.2 Å². The smallest absolute Gasteiger partial charge is 0.407 e. The number of carbonyl (C=O) groups excluding carboxylic acids is 1. The molecule has 0 aromatic carbocycles. The Morgan fingerprint density at radius 1 is 1.67 bits per heavy atom. The van der Waals surface area contributed by atoms with E-state index in [1.54, 1.807) is 6.92 Å². The second-order valence-corrected chi connectivity index (χ2v) is 3.25. The molecule has 0 saturated heterocycles. The van der Waals surface area contributed by atoms with Gasteiger partial charge in [-0.05, 0) is 32.3 Å². The Labute approximate surface area is 89.2 Å². The van der Waals surface area contributed by atoms with Crippen molar-refractivity contribution in [2.45, 2.75) is 26.7 Å². The highest BCUT2D eigenvalue weighted by Gasteiger charge is 2.01. The highest BCUT2D eigenvalue weighted by molar-refractivity contribution is 5.66. The van der Waals surface area contributed by atoms with Crippen LogP contribution in [-0.4, -0.2) is 29.4 Å². The molecule has 0 saturated carbocycles. The summed E-state index contributed by atoms with van der Waals surface area (Å²) in [6, 6.07) is 0. The summed E-state index contributed by atoms with van der Waals surface area (Å²) in [5.41, 5.74) is 2.21. The Kier molecular flexibility index (Phi) is 4.66. The molecule has 5 nitrogen and oxygen atoms in total. The van der Waals surface area contributed by atoms with Gasteiger partial charge in [-0.2, -0.15) is 5.10 Å². The molecular formula is C10H17N3O2. The minimum absolute atomic E-state index is 0.346. The number of hydrogen-bond donors (Lipinski definition) is 2. The molecule has 0 spiro atoms. The lowest BCUT2D eigenvalue weighted by atomic mass is 10.1. The second-order valence-electron chi connectivity index (χ2n) is 3.25. The third-order valence-corrected chi connectivity index (χ3v) is 2.10. The Balaban J connectivity index is 2.12. The van der Waals surface area contributed by atoms with Crippen molar-refractivity contribution >= 4 is 6.09 Å². The van der Waals surface area contributed by atoms with Crippen molar-refractivity contribution in [2.75, 3.05) is 13.2 Å². The molecule has 5 heteroatoms. The van der Waals surface area contributed by atoms with Crippen LogP contribution in [0.2, 0.25) is 0 Å². The molecule has 0 aliphatic rings. The van der Waals surface area contributed by atoms with Crippen LogP contribution >= 0.6 is 0 Å².